The maximum absolute atomic E-state index is 5.66. The van der Waals surface area contributed by atoms with Crippen LogP contribution in [0.4, 0.5) is 5.69 Å². The first kappa shape index (κ1) is 18.9. The van der Waals surface area contributed by atoms with Crippen LogP contribution in [-0.2, 0) is 6.54 Å². The third-order valence-electron chi connectivity index (χ3n) is 5.24. The van der Waals surface area contributed by atoms with Crippen LogP contribution in [-0.4, -0.2) is 35.1 Å². The summed E-state index contributed by atoms with van der Waals surface area (Å²) < 4.78 is 22.1. The Hall–Kier alpha value is -3.85. The van der Waals surface area contributed by atoms with E-state index >= 15 is 0 Å². The molecule has 4 aromatic rings. The van der Waals surface area contributed by atoms with Gasteiger partial charge in [-0.05, 0) is 48.1 Å². The molecule has 32 heavy (non-hydrogen) atoms. The lowest BCUT2D eigenvalue weighted by Gasteiger charge is -2.18. The molecule has 0 fully saturated rings. The highest BCUT2D eigenvalue weighted by molar-refractivity contribution is 7.80. The fraction of sp³-hybridized carbons (Fsp3) is 0.174. The second-order valence-corrected chi connectivity index (χ2v) is 7.82. The summed E-state index contributed by atoms with van der Waals surface area (Å²) in [6.07, 6.45) is 0. The number of benzene rings is 3. The summed E-state index contributed by atoms with van der Waals surface area (Å²) in [6.45, 7) is 1.89. The van der Waals surface area contributed by atoms with Crippen LogP contribution < -0.4 is 29.6 Å². The molecule has 0 amide bonds. The monoisotopic (exact) mass is 446 g/mol. The van der Waals surface area contributed by atoms with Gasteiger partial charge in [-0.1, -0.05) is 6.07 Å². The molecule has 0 bridgehead atoms. The summed E-state index contributed by atoms with van der Waals surface area (Å²) in [5.74, 6) is 2.91. The van der Waals surface area contributed by atoms with Crippen molar-refractivity contribution >= 4 is 45.1 Å². The number of ether oxygens (including phenoxy) is 4. The highest BCUT2D eigenvalue weighted by Gasteiger charge is 2.15. The zero-order chi connectivity index (χ0) is 21.5. The molecule has 9 heteroatoms. The van der Waals surface area contributed by atoms with Crippen LogP contribution in [0.2, 0.25) is 0 Å². The van der Waals surface area contributed by atoms with Gasteiger partial charge in [0, 0.05) is 24.4 Å². The lowest BCUT2D eigenvalue weighted by atomic mass is 10.2. The fourth-order valence-corrected chi connectivity index (χ4v) is 3.89. The van der Waals surface area contributed by atoms with Gasteiger partial charge < -0.3 is 29.6 Å². The number of nitrogens with one attached hydrogen (secondary N) is 2. The molecule has 0 atom stereocenters. The number of aromatic nitrogens is 2. The molecule has 3 aromatic carbocycles. The minimum atomic E-state index is 0.260. The van der Waals surface area contributed by atoms with E-state index in [4.69, 9.17) is 41.1 Å². The van der Waals surface area contributed by atoms with Crippen molar-refractivity contribution in [1.82, 2.24) is 15.3 Å². The maximum Gasteiger partial charge on any atom is 0.231 e. The third kappa shape index (κ3) is 3.56. The molecule has 0 saturated heterocycles. The number of thiocarbonyl (C=S) groups is 1. The Morgan fingerprint density at radius 1 is 0.750 bits per heavy atom. The molecular formula is C23H18N4O4S. The van der Waals surface area contributed by atoms with E-state index in [1.54, 1.807) is 0 Å². The van der Waals surface area contributed by atoms with Gasteiger partial charge in [0.1, 0.15) is 13.2 Å². The van der Waals surface area contributed by atoms with Gasteiger partial charge in [0.05, 0.1) is 22.1 Å². The molecule has 3 heterocycles. The van der Waals surface area contributed by atoms with E-state index in [0.29, 0.717) is 36.4 Å². The normalized spacial score (nSPS) is 13.9. The summed E-state index contributed by atoms with van der Waals surface area (Å²) in [6, 6.07) is 15.3. The van der Waals surface area contributed by atoms with E-state index in [1.165, 1.54) is 0 Å². The largest absolute Gasteiger partial charge is 0.486 e. The van der Waals surface area contributed by atoms with Crippen molar-refractivity contribution in [3.05, 3.63) is 54.1 Å². The highest BCUT2D eigenvalue weighted by atomic mass is 32.1. The molecule has 0 aliphatic carbocycles. The SMILES string of the molecule is S=C(NCc1ccc2c(c1)OCO2)Nc1ccc2nc3cc4c(cc3nc2c1)OCCO4. The Morgan fingerprint density at radius 3 is 2.25 bits per heavy atom. The van der Waals surface area contributed by atoms with Crippen molar-refractivity contribution in [1.29, 1.82) is 0 Å². The van der Waals surface area contributed by atoms with Crippen molar-refractivity contribution in [3.63, 3.8) is 0 Å². The first-order valence-electron chi connectivity index (χ1n) is 10.2. The summed E-state index contributed by atoms with van der Waals surface area (Å²) in [5, 5.41) is 6.92. The van der Waals surface area contributed by atoms with Crippen molar-refractivity contribution < 1.29 is 18.9 Å². The maximum atomic E-state index is 5.66. The highest BCUT2D eigenvalue weighted by Crippen LogP contribution is 2.34. The molecule has 6 rings (SSSR count). The number of hydrogen-bond donors (Lipinski definition) is 2. The molecule has 0 radical (unpaired) electrons. The zero-order valence-electron chi connectivity index (χ0n) is 16.9. The smallest absolute Gasteiger partial charge is 0.231 e. The van der Waals surface area contributed by atoms with E-state index in [2.05, 4.69) is 10.6 Å². The van der Waals surface area contributed by atoms with E-state index < -0.39 is 0 Å². The van der Waals surface area contributed by atoms with Crippen LogP contribution in [0.1, 0.15) is 5.56 Å². The predicted molar refractivity (Wildman–Crippen MR) is 124 cm³/mol. The average Bonchev–Trinajstić information content (AvgIpc) is 3.28. The van der Waals surface area contributed by atoms with Crippen molar-refractivity contribution in [2.24, 2.45) is 0 Å². The molecule has 1 aromatic heterocycles. The van der Waals surface area contributed by atoms with Crippen LogP contribution in [0.15, 0.2) is 48.5 Å². The fourth-order valence-electron chi connectivity index (χ4n) is 3.70. The van der Waals surface area contributed by atoms with Crippen molar-refractivity contribution in [2.75, 3.05) is 25.3 Å². The zero-order valence-corrected chi connectivity index (χ0v) is 17.7. The van der Waals surface area contributed by atoms with Crippen LogP contribution in [0.25, 0.3) is 22.1 Å². The van der Waals surface area contributed by atoms with Crippen LogP contribution in [0, 0.1) is 0 Å². The molecular weight excluding hydrogens is 428 g/mol. The van der Waals surface area contributed by atoms with E-state index in [-0.39, 0.29) is 6.79 Å². The quantitative estimate of drug-likeness (QED) is 0.361. The third-order valence-corrected chi connectivity index (χ3v) is 5.49. The van der Waals surface area contributed by atoms with Gasteiger partial charge in [-0.3, -0.25) is 0 Å². The molecule has 2 N–H and O–H groups in total. The van der Waals surface area contributed by atoms with Gasteiger partial charge in [0.15, 0.2) is 28.1 Å². The van der Waals surface area contributed by atoms with Gasteiger partial charge in [-0.15, -0.1) is 0 Å². The second-order valence-electron chi connectivity index (χ2n) is 7.41. The van der Waals surface area contributed by atoms with Crippen LogP contribution in [0.5, 0.6) is 23.0 Å². The topological polar surface area (TPSA) is 86.8 Å². The Kier molecular flexibility index (Phi) is 4.53. The standard InChI is InChI=1S/C23H18N4O4S/c32-23(24-11-13-1-4-19-20(7-13)31-12-30-19)25-14-2-3-15-16(8-14)27-18-10-22-21(9-17(18)26-15)28-5-6-29-22/h1-4,7-10H,5-6,11-12H2,(H2,24,25,32). The van der Waals surface area contributed by atoms with Crippen LogP contribution in [0.3, 0.4) is 0 Å². The summed E-state index contributed by atoms with van der Waals surface area (Å²) in [4.78, 5) is 9.47. The summed E-state index contributed by atoms with van der Waals surface area (Å²) in [7, 11) is 0. The number of fused-ring (bicyclic) bond motifs is 4. The van der Waals surface area contributed by atoms with Gasteiger partial charge >= 0.3 is 0 Å². The van der Waals surface area contributed by atoms with Gasteiger partial charge in [0.25, 0.3) is 0 Å². The van der Waals surface area contributed by atoms with E-state index in [0.717, 1.165) is 44.8 Å². The number of rotatable bonds is 3. The Morgan fingerprint density at radius 2 is 1.44 bits per heavy atom. The minimum absolute atomic E-state index is 0.260. The molecule has 8 nitrogen and oxygen atoms in total. The Bertz CT molecular complexity index is 1380. The first-order valence-corrected chi connectivity index (χ1v) is 10.6. The first-order chi connectivity index (χ1) is 15.7. The number of anilines is 1. The number of nitrogens with zero attached hydrogens (tertiary/aromatic N) is 2. The molecule has 0 unspecified atom stereocenters. The van der Waals surface area contributed by atoms with Gasteiger partial charge in [-0.2, -0.15) is 0 Å². The van der Waals surface area contributed by atoms with Gasteiger partial charge in [-0.25, -0.2) is 9.97 Å². The van der Waals surface area contributed by atoms with Crippen molar-refractivity contribution in [3.8, 4) is 23.0 Å². The summed E-state index contributed by atoms with van der Waals surface area (Å²) in [5.41, 5.74) is 4.94. The lowest BCUT2D eigenvalue weighted by Crippen LogP contribution is -2.27. The molecule has 0 saturated carbocycles. The molecule has 0 spiro atoms. The lowest BCUT2D eigenvalue weighted by molar-refractivity contribution is 0.172. The second kappa shape index (κ2) is 7.69. The average molecular weight is 446 g/mol. The van der Waals surface area contributed by atoms with E-state index in [1.807, 2.05) is 48.5 Å². The summed E-state index contributed by atoms with van der Waals surface area (Å²) >= 11 is 5.46. The molecule has 160 valence electrons. The van der Waals surface area contributed by atoms with Crippen LogP contribution >= 0.6 is 12.2 Å². The Labute approximate surface area is 188 Å². The van der Waals surface area contributed by atoms with Crippen molar-refractivity contribution in [2.45, 2.75) is 6.54 Å². The predicted octanol–water partition coefficient (Wildman–Crippen LogP) is 3.77. The molecule has 2 aliphatic rings. The van der Waals surface area contributed by atoms with Gasteiger partial charge in [0.2, 0.25) is 6.79 Å². The van der Waals surface area contributed by atoms with E-state index in [9.17, 15) is 0 Å². The molecule has 2 aliphatic heterocycles. The minimum Gasteiger partial charge on any atom is -0.486 e. The Balaban J connectivity index is 1.19. The number of hydrogen-bond acceptors (Lipinski definition) is 7.